The number of nitrogens with zero attached hydrogens (tertiary/aromatic N) is 1. The molecule has 20 heavy (non-hydrogen) atoms. The maximum absolute atomic E-state index is 12.5. The zero-order chi connectivity index (χ0) is 15.3. The molecule has 0 saturated heterocycles. The Bertz CT molecular complexity index is 486. The van der Waals surface area contributed by atoms with Crippen molar-refractivity contribution in [2.24, 2.45) is 11.7 Å². The number of hydrogen-bond acceptors (Lipinski definition) is 3. The summed E-state index contributed by atoms with van der Waals surface area (Å²) in [5.41, 5.74) is 7.55. The number of para-hydroxylation sites is 1. The van der Waals surface area contributed by atoms with Crippen LogP contribution in [0.5, 0.6) is 0 Å². The van der Waals surface area contributed by atoms with E-state index in [9.17, 15) is 9.59 Å². The van der Waals surface area contributed by atoms with Crippen molar-refractivity contribution in [3.05, 3.63) is 29.8 Å². The van der Waals surface area contributed by atoms with E-state index in [0.29, 0.717) is 0 Å². The van der Waals surface area contributed by atoms with Gasteiger partial charge in [0, 0.05) is 12.2 Å². The molecule has 0 unspecified atom stereocenters. The van der Waals surface area contributed by atoms with E-state index in [-0.39, 0.29) is 24.8 Å². The molecule has 1 aromatic carbocycles. The van der Waals surface area contributed by atoms with Crippen molar-refractivity contribution < 1.29 is 14.7 Å². The molecule has 0 aliphatic heterocycles. The predicted octanol–water partition coefficient (Wildman–Crippen LogP) is 1.79. The second-order valence-corrected chi connectivity index (χ2v) is 5.19. The molecule has 0 radical (unpaired) electrons. The third-order valence-corrected chi connectivity index (χ3v) is 3.22. The fraction of sp³-hybridized carbons (Fsp3) is 0.467. The summed E-state index contributed by atoms with van der Waals surface area (Å²) < 4.78 is 0. The van der Waals surface area contributed by atoms with E-state index in [1.165, 1.54) is 4.90 Å². The average Bonchev–Trinajstić information content (AvgIpc) is 2.39. The number of nitrogens with two attached hydrogens (primary N) is 1. The molecule has 1 rings (SSSR count). The van der Waals surface area contributed by atoms with Crippen LogP contribution in [-0.4, -0.2) is 29.6 Å². The number of aryl methyl sites for hydroxylation is 1. The summed E-state index contributed by atoms with van der Waals surface area (Å²) in [6, 6.07) is 6.76. The molecular weight excluding hydrogens is 256 g/mol. The molecule has 0 aliphatic carbocycles. The zero-order valence-electron chi connectivity index (χ0n) is 12.2. The Morgan fingerprint density at radius 1 is 1.30 bits per heavy atom. The number of hydrogen-bond donors (Lipinski definition) is 2. The van der Waals surface area contributed by atoms with Crippen molar-refractivity contribution in [1.82, 2.24) is 0 Å². The van der Waals surface area contributed by atoms with Crippen LogP contribution in [0.1, 0.15) is 25.8 Å². The SMILES string of the molecule is Cc1ccccc1N(CCC(=O)O)C(=O)[C@@H](N)C(C)C. The molecule has 0 saturated carbocycles. The fourth-order valence-corrected chi connectivity index (χ4v) is 1.89. The standard InChI is InChI=1S/C15H22N2O3/c1-10(2)14(16)15(20)17(9-8-13(18)19)12-7-5-4-6-11(12)3/h4-7,10,14H,8-9,16H2,1-3H3,(H,18,19)/t14-/m0/s1. The van der Waals surface area contributed by atoms with Crippen LogP contribution in [0.25, 0.3) is 0 Å². The minimum atomic E-state index is -0.936. The Morgan fingerprint density at radius 3 is 2.40 bits per heavy atom. The second kappa shape index (κ2) is 7.05. The summed E-state index contributed by atoms with van der Waals surface area (Å²) in [6.45, 7) is 5.75. The highest BCUT2D eigenvalue weighted by molar-refractivity contribution is 5.98. The summed E-state index contributed by atoms with van der Waals surface area (Å²) in [6.07, 6.45) is -0.106. The molecule has 3 N–H and O–H groups in total. The van der Waals surface area contributed by atoms with Crippen molar-refractivity contribution in [3.8, 4) is 0 Å². The summed E-state index contributed by atoms with van der Waals surface area (Å²) in [5, 5.41) is 8.84. The Morgan fingerprint density at radius 2 is 1.90 bits per heavy atom. The Labute approximate surface area is 119 Å². The number of aliphatic carboxylic acids is 1. The van der Waals surface area contributed by atoms with E-state index in [4.69, 9.17) is 10.8 Å². The van der Waals surface area contributed by atoms with Crippen LogP contribution >= 0.6 is 0 Å². The predicted molar refractivity (Wildman–Crippen MR) is 78.6 cm³/mol. The van der Waals surface area contributed by atoms with Crippen LogP contribution in [0.4, 0.5) is 5.69 Å². The van der Waals surface area contributed by atoms with E-state index in [2.05, 4.69) is 0 Å². The number of carbonyl (C=O) groups excluding carboxylic acids is 1. The summed E-state index contributed by atoms with van der Waals surface area (Å²) in [5.74, 6) is -1.18. The van der Waals surface area contributed by atoms with Gasteiger partial charge in [0.2, 0.25) is 5.91 Å². The highest BCUT2D eigenvalue weighted by atomic mass is 16.4. The lowest BCUT2D eigenvalue weighted by Crippen LogP contribution is -2.47. The smallest absolute Gasteiger partial charge is 0.305 e. The molecule has 0 aromatic heterocycles. The number of amides is 1. The van der Waals surface area contributed by atoms with Gasteiger partial charge in [-0.05, 0) is 24.5 Å². The molecule has 0 fully saturated rings. The first-order chi connectivity index (χ1) is 9.34. The summed E-state index contributed by atoms with van der Waals surface area (Å²) in [7, 11) is 0. The minimum absolute atomic E-state index is 0.00107. The molecule has 0 spiro atoms. The van der Waals surface area contributed by atoms with Gasteiger partial charge >= 0.3 is 5.97 Å². The topological polar surface area (TPSA) is 83.6 Å². The van der Waals surface area contributed by atoms with E-state index in [0.717, 1.165) is 11.3 Å². The van der Waals surface area contributed by atoms with Crippen LogP contribution < -0.4 is 10.6 Å². The molecule has 1 aromatic rings. The Balaban J connectivity index is 3.05. The van der Waals surface area contributed by atoms with E-state index < -0.39 is 12.0 Å². The molecule has 5 heteroatoms. The first-order valence-corrected chi connectivity index (χ1v) is 6.69. The molecule has 5 nitrogen and oxygen atoms in total. The lowest BCUT2D eigenvalue weighted by Gasteiger charge is -2.28. The number of carboxylic acid groups (broad SMARTS) is 1. The monoisotopic (exact) mass is 278 g/mol. The van der Waals surface area contributed by atoms with Crippen LogP contribution in [0.3, 0.4) is 0 Å². The largest absolute Gasteiger partial charge is 0.481 e. The minimum Gasteiger partial charge on any atom is -0.481 e. The highest BCUT2D eigenvalue weighted by Gasteiger charge is 2.25. The third-order valence-electron chi connectivity index (χ3n) is 3.22. The van der Waals surface area contributed by atoms with Gasteiger partial charge in [0.25, 0.3) is 0 Å². The van der Waals surface area contributed by atoms with Gasteiger partial charge in [-0.1, -0.05) is 32.0 Å². The normalized spacial score (nSPS) is 12.2. The number of benzene rings is 1. The van der Waals surface area contributed by atoms with Crippen molar-refractivity contribution >= 4 is 17.6 Å². The van der Waals surface area contributed by atoms with E-state index in [1.807, 2.05) is 45.0 Å². The van der Waals surface area contributed by atoms with Gasteiger partial charge in [0.1, 0.15) is 0 Å². The van der Waals surface area contributed by atoms with Gasteiger partial charge in [-0.25, -0.2) is 0 Å². The number of carbonyl (C=O) groups is 2. The quantitative estimate of drug-likeness (QED) is 0.831. The number of rotatable bonds is 6. The van der Waals surface area contributed by atoms with Crippen LogP contribution in [0, 0.1) is 12.8 Å². The van der Waals surface area contributed by atoms with Crippen molar-refractivity contribution in [3.63, 3.8) is 0 Å². The maximum Gasteiger partial charge on any atom is 0.305 e. The number of carboxylic acids is 1. The number of anilines is 1. The van der Waals surface area contributed by atoms with Crippen LogP contribution in [-0.2, 0) is 9.59 Å². The first kappa shape index (κ1) is 16.2. The second-order valence-electron chi connectivity index (χ2n) is 5.19. The summed E-state index contributed by atoms with van der Waals surface area (Å²) >= 11 is 0. The van der Waals surface area contributed by atoms with Crippen molar-refractivity contribution in [2.75, 3.05) is 11.4 Å². The first-order valence-electron chi connectivity index (χ1n) is 6.69. The van der Waals surface area contributed by atoms with Gasteiger partial charge in [-0.3, -0.25) is 9.59 Å². The Kier molecular flexibility index (Phi) is 5.70. The third kappa shape index (κ3) is 4.06. The van der Waals surface area contributed by atoms with Crippen molar-refractivity contribution in [2.45, 2.75) is 33.2 Å². The molecule has 0 heterocycles. The van der Waals surface area contributed by atoms with E-state index in [1.54, 1.807) is 0 Å². The van der Waals surface area contributed by atoms with E-state index >= 15 is 0 Å². The lowest BCUT2D eigenvalue weighted by atomic mass is 10.0. The van der Waals surface area contributed by atoms with Crippen LogP contribution in [0.15, 0.2) is 24.3 Å². The molecular formula is C15H22N2O3. The van der Waals surface area contributed by atoms with Crippen molar-refractivity contribution in [1.29, 1.82) is 0 Å². The van der Waals surface area contributed by atoms with Gasteiger partial charge in [0.15, 0.2) is 0 Å². The molecule has 110 valence electrons. The molecule has 1 atom stereocenters. The Hall–Kier alpha value is -1.88. The van der Waals surface area contributed by atoms with Gasteiger partial charge in [-0.15, -0.1) is 0 Å². The lowest BCUT2D eigenvalue weighted by molar-refractivity contribution is -0.136. The van der Waals surface area contributed by atoms with Gasteiger partial charge in [-0.2, -0.15) is 0 Å². The van der Waals surface area contributed by atoms with Crippen LogP contribution in [0.2, 0.25) is 0 Å². The van der Waals surface area contributed by atoms with Gasteiger partial charge < -0.3 is 15.7 Å². The maximum atomic E-state index is 12.5. The molecule has 0 aliphatic rings. The highest BCUT2D eigenvalue weighted by Crippen LogP contribution is 2.21. The molecule has 0 bridgehead atoms. The van der Waals surface area contributed by atoms with Gasteiger partial charge in [0.05, 0.1) is 12.5 Å². The average molecular weight is 278 g/mol. The molecule has 1 amide bonds. The summed E-state index contributed by atoms with van der Waals surface area (Å²) in [4.78, 5) is 24.7. The zero-order valence-corrected chi connectivity index (χ0v) is 12.2. The fourth-order valence-electron chi connectivity index (χ4n) is 1.89.